The Hall–Kier alpha value is -1.77. The Morgan fingerprint density at radius 1 is 1.50 bits per heavy atom. The molecule has 0 aromatic carbocycles. The van der Waals surface area contributed by atoms with E-state index in [9.17, 15) is 4.79 Å². The number of carbonyl (C=O) groups excluding carboxylic acids is 1. The summed E-state index contributed by atoms with van der Waals surface area (Å²) in [5.41, 5.74) is 1.74. The first-order valence-corrected chi connectivity index (χ1v) is 4.66. The summed E-state index contributed by atoms with van der Waals surface area (Å²) in [6.45, 7) is 2.57. The fourth-order valence-electron chi connectivity index (χ4n) is 1.44. The van der Waals surface area contributed by atoms with Crippen molar-refractivity contribution < 1.29 is 4.79 Å². The van der Waals surface area contributed by atoms with E-state index in [1.54, 1.807) is 0 Å². The number of pyridine rings is 1. The number of amides is 1. The van der Waals surface area contributed by atoms with Crippen molar-refractivity contribution in [3.63, 3.8) is 0 Å². The number of rotatable bonds is 2. The van der Waals surface area contributed by atoms with Gasteiger partial charge in [-0.1, -0.05) is 6.07 Å². The fraction of sp³-hybridized carbons (Fsp3) is 0.182. The number of carbonyl (C=O) groups is 1. The van der Waals surface area contributed by atoms with Crippen LogP contribution in [0.2, 0.25) is 0 Å². The summed E-state index contributed by atoms with van der Waals surface area (Å²) in [5, 5.41) is 2.77. The molecule has 0 saturated carbocycles. The molecule has 0 spiro atoms. The van der Waals surface area contributed by atoms with Crippen molar-refractivity contribution in [3.8, 4) is 0 Å². The highest BCUT2D eigenvalue weighted by molar-refractivity contribution is 5.95. The molecule has 0 fully saturated rings. The number of nitrogens with one attached hydrogen (secondary N) is 1. The third-order valence-corrected chi connectivity index (χ3v) is 2.10. The highest BCUT2D eigenvalue weighted by Crippen LogP contribution is 2.08. The second-order valence-corrected chi connectivity index (χ2v) is 3.12. The Balaban J connectivity index is 2.40. The normalized spacial score (nSPS) is 10.4. The highest BCUT2D eigenvalue weighted by Gasteiger charge is 2.06. The van der Waals surface area contributed by atoms with Crippen molar-refractivity contribution in [1.82, 2.24) is 9.72 Å². The monoisotopic (exact) mass is 188 g/mol. The highest BCUT2D eigenvalue weighted by atomic mass is 16.1. The van der Waals surface area contributed by atoms with E-state index in [1.807, 2.05) is 48.0 Å². The second kappa shape index (κ2) is 3.54. The van der Waals surface area contributed by atoms with Gasteiger partial charge in [0.05, 0.1) is 5.56 Å². The molecule has 0 unspecified atom stereocenters. The molecule has 3 nitrogen and oxygen atoms in total. The minimum atomic E-state index is -0.0174. The van der Waals surface area contributed by atoms with E-state index in [0.29, 0.717) is 12.1 Å². The standard InChI is InChI=1S/C11H12N2O/c1-2-12-11(14)9-7-10-5-3-4-6-13(10)8-9/h3-8H,2H2,1H3,(H,12,14). The van der Waals surface area contributed by atoms with Gasteiger partial charge in [0.1, 0.15) is 0 Å². The van der Waals surface area contributed by atoms with Gasteiger partial charge < -0.3 is 9.72 Å². The molecule has 72 valence electrons. The Bertz CT molecular complexity index is 426. The van der Waals surface area contributed by atoms with Gasteiger partial charge >= 0.3 is 0 Å². The summed E-state index contributed by atoms with van der Waals surface area (Å²) in [5.74, 6) is -0.0174. The summed E-state index contributed by atoms with van der Waals surface area (Å²) in [7, 11) is 0. The van der Waals surface area contributed by atoms with Crippen molar-refractivity contribution in [2.75, 3.05) is 6.54 Å². The van der Waals surface area contributed by atoms with Gasteiger partial charge in [-0.25, -0.2) is 0 Å². The number of fused-ring (bicyclic) bond motifs is 1. The summed E-state index contributed by atoms with van der Waals surface area (Å²) < 4.78 is 1.94. The van der Waals surface area contributed by atoms with E-state index in [-0.39, 0.29) is 5.91 Å². The van der Waals surface area contributed by atoms with Crippen LogP contribution in [0.3, 0.4) is 0 Å². The summed E-state index contributed by atoms with van der Waals surface area (Å²) in [6, 6.07) is 7.75. The molecule has 3 heteroatoms. The maximum absolute atomic E-state index is 11.5. The lowest BCUT2D eigenvalue weighted by molar-refractivity contribution is 0.0956. The van der Waals surface area contributed by atoms with Crippen molar-refractivity contribution in [2.45, 2.75) is 6.92 Å². The molecule has 0 saturated heterocycles. The smallest absolute Gasteiger partial charge is 0.252 e. The van der Waals surface area contributed by atoms with Crippen molar-refractivity contribution in [2.24, 2.45) is 0 Å². The zero-order valence-electron chi connectivity index (χ0n) is 8.03. The van der Waals surface area contributed by atoms with Gasteiger partial charge in [0, 0.05) is 24.5 Å². The van der Waals surface area contributed by atoms with Crippen LogP contribution in [0.5, 0.6) is 0 Å². The molecule has 2 heterocycles. The van der Waals surface area contributed by atoms with Crippen LogP contribution in [0.4, 0.5) is 0 Å². The van der Waals surface area contributed by atoms with Crippen LogP contribution < -0.4 is 5.32 Å². The van der Waals surface area contributed by atoms with Gasteiger partial charge in [-0.3, -0.25) is 4.79 Å². The van der Waals surface area contributed by atoms with Crippen LogP contribution >= 0.6 is 0 Å². The zero-order chi connectivity index (χ0) is 9.97. The number of hydrogen-bond acceptors (Lipinski definition) is 1. The molecule has 0 aliphatic heterocycles. The van der Waals surface area contributed by atoms with E-state index < -0.39 is 0 Å². The van der Waals surface area contributed by atoms with E-state index in [4.69, 9.17) is 0 Å². The molecule has 1 amide bonds. The molecule has 0 radical (unpaired) electrons. The van der Waals surface area contributed by atoms with Gasteiger partial charge in [-0.15, -0.1) is 0 Å². The Kier molecular flexibility index (Phi) is 2.23. The average molecular weight is 188 g/mol. The molecule has 0 atom stereocenters. The van der Waals surface area contributed by atoms with Gasteiger partial charge in [0.25, 0.3) is 5.91 Å². The van der Waals surface area contributed by atoms with Crippen LogP contribution in [0.15, 0.2) is 36.7 Å². The van der Waals surface area contributed by atoms with Crippen LogP contribution in [0.25, 0.3) is 5.52 Å². The molecule has 2 rings (SSSR count). The van der Waals surface area contributed by atoms with Gasteiger partial charge in [-0.2, -0.15) is 0 Å². The maximum Gasteiger partial charge on any atom is 0.252 e. The Morgan fingerprint density at radius 3 is 3.07 bits per heavy atom. The molecule has 1 N–H and O–H groups in total. The van der Waals surface area contributed by atoms with Crippen molar-refractivity contribution >= 4 is 11.4 Å². The fourth-order valence-corrected chi connectivity index (χ4v) is 1.44. The molecule has 14 heavy (non-hydrogen) atoms. The number of hydrogen-bond donors (Lipinski definition) is 1. The predicted molar refractivity (Wildman–Crippen MR) is 55.4 cm³/mol. The van der Waals surface area contributed by atoms with Gasteiger partial charge in [0.15, 0.2) is 0 Å². The van der Waals surface area contributed by atoms with Crippen LogP contribution in [0.1, 0.15) is 17.3 Å². The summed E-state index contributed by atoms with van der Waals surface area (Å²) >= 11 is 0. The van der Waals surface area contributed by atoms with E-state index in [1.165, 1.54) is 0 Å². The number of aromatic nitrogens is 1. The van der Waals surface area contributed by atoms with Gasteiger partial charge in [-0.05, 0) is 25.1 Å². The minimum absolute atomic E-state index is 0.0174. The molecular formula is C11H12N2O. The third-order valence-electron chi connectivity index (χ3n) is 2.10. The van der Waals surface area contributed by atoms with Gasteiger partial charge in [0.2, 0.25) is 0 Å². The topological polar surface area (TPSA) is 33.5 Å². The van der Waals surface area contributed by atoms with Crippen LogP contribution in [0, 0.1) is 0 Å². The first-order chi connectivity index (χ1) is 6.81. The largest absolute Gasteiger partial charge is 0.352 e. The quantitative estimate of drug-likeness (QED) is 0.764. The maximum atomic E-state index is 11.5. The van der Waals surface area contributed by atoms with Crippen molar-refractivity contribution in [1.29, 1.82) is 0 Å². The lowest BCUT2D eigenvalue weighted by atomic mass is 10.3. The van der Waals surface area contributed by atoms with E-state index in [2.05, 4.69) is 5.32 Å². The molecule has 2 aromatic heterocycles. The Morgan fingerprint density at radius 2 is 2.36 bits per heavy atom. The Labute approximate surface area is 82.4 Å². The first kappa shape index (κ1) is 8.81. The van der Waals surface area contributed by atoms with E-state index >= 15 is 0 Å². The molecular weight excluding hydrogens is 176 g/mol. The number of nitrogens with zero attached hydrogens (tertiary/aromatic N) is 1. The SMILES string of the molecule is CCNC(=O)c1cc2ccccn2c1. The first-order valence-electron chi connectivity index (χ1n) is 4.66. The van der Waals surface area contributed by atoms with Crippen molar-refractivity contribution in [3.05, 3.63) is 42.2 Å². The van der Waals surface area contributed by atoms with E-state index in [0.717, 1.165) is 5.52 Å². The summed E-state index contributed by atoms with van der Waals surface area (Å²) in [6.07, 6.45) is 3.76. The summed E-state index contributed by atoms with van der Waals surface area (Å²) in [4.78, 5) is 11.5. The second-order valence-electron chi connectivity index (χ2n) is 3.12. The lowest BCUT2D eigenvalue weighted by Crippen LogP contribution is -2.21. The van der Waals surface area contributed by atoms with Crippen LogP contribution in [-0.2, 0) is 0 Å². The predicted octanol–water partition coefficient (Wildman–Crippen LogP) is 1.69. The molecule has 2 aromatic rings. The third kappa shape index (κ3) is 1.48. The molecule has 0 bridgehead atoms. The minimum Gasteiger partial charge on any atom is -0.352 e. The van der Waals surface area contributed by atoms with Crippen LogP contribution in [-0.4, -0.2) is 16.9 Å². The lowest BCUT2D eigenvalue weighted by Gasteiger charge is -1.96. The molecule has 0 aliphatic rings. The average Bonchev–Trinajstić information content (AvgIpc) is 2.61. The zero-order valence-corrected chi connectivity index (χ0v) is 8.03. The molecule has 0 aliphatic carbocycles.